The van der Waals surface area contributed by atoms with Gasteiger partial charge in [-0.1, -0.05) is 0 Å². The van der Waals surface area contributed by atoms with Gasteiger partial charge in [-0.05, 0) is 12.8 Å². The van der Waals surface area contributed by atoms with Gasteiger partial charge >= 0.3 is 18.0 Å². The Labute approximate surface area is 115 Å². The zero-order chi connectivity index (χ0) is 15.5. The topological polar surface area (TPSA) is 147 Å². The predicted molar refractivity (Wildman–Crippen MR) is 67.2 cm³/mol. The Morgan fingerprint density at radius 1 is 1.05 bits per heavy atom. The van der Waals surface area contributed by atoms with Crippen LogP contribution in [0.5, 0.6) is 0 Å². The first kappa shape index (κ1) is 18.1. The number of carboxylic acids is 2. The molecule has 20 heavy (non-hydrogen) atoms. The van der Waals surface area contributed by atoms with Crippen molar-refractivity contribution < 1.29 is 34.8 Å². The minimum Gasteiger partial charge on any atom is -0.481 e. The molecule has 0 unspecified atom stereocenters. The van der Waals surface area contributed by atoms with Crippen LogP contribution in [-0.4, -0.2) is 75.6 Å². The van der Waals surface area contributed by atoms with Crippen LogP contribution in [0.15, 0.2) is 0 Å². The van der Waals surface area contributed by atoms with Crippen molar-refractivity contribution in [3.05, 3.63) is 0 Å². The van der Waals surface area contributed by atoms with Crippen LogP contribution >= 0.6 is 0 Å². The van der Waals surface area contributed by atoms with Crippen LogP contribution in [0.4, 0.5) is 4.79 Å². The molecule has 0 radical (unpaired) electrons. The molecule has 0 saturated heterocycles. The zero-order valence-corrected chi connectivity index (χ0v) is 11.0. The van der Waals surface area contributed by atoms with Gasteiger partial charge in [-0.3, -0.25) is 4.79 Å². The van der Waals surface area contributed by atoms with Gasteiger partial charge in [0.05, 0.1) is 13.2 Å². The molecule has 0 aliphatic heterocycles. The Bertz CT molecular complexity index is 329. The van der Waals surface area contributed by atoms with E-state index in [1.54, 1.807) is 0 Å². The smallest absolute Gasteiger partial charge is 0.326 e. The van der Waals surface area contributed by atoms with Gasteiger partial charge in [-0.2, -0.15) is 0 Å². The third kappa shape index (κ3) is 7.54. The predicted octanol–water partition coefficient (Wildman–Crippen LogP) is -1.31. The van der Waals surface area contributed by atoms with E-state index in [0.717, 1.165) is 4.90 Å². The van der Waals surface area contributed by atoms with Gasteiger partial charge in [-0.15, -0.1) is 0 Å². The Morgan fingerprint density at radius 3 is 2.00 bits per heavy atom. The fraction of sp³-hybridized carbons (Fsp3) is 0.727. The maximum atomic E-state index is 11.7. The number of nitrogens with zero attached hydrogens (tertiary/aromatic N) is 1. The summed E-state index contributed by atoms with van der Waals surface area (Å²) in [6.07, 6.45) is -0.0807. The molecule has 1 atom stereocenters. The number of hydrogen-bond donors (Lipinski definition) is 5. The first-order valence-corrected chi connectivity index (χ1v) is 6.14. The average molecular weight is 292 g/mol. The van der Waals surface area contributed by atoms with Gasteiger partial charge in [0.15, 0.2) is 0 Å². The lowest BCUT2D eigenvalue weighted by Crippen LogP contribution is -2.49. The highest BCUT2D eigenvalue weighted by Gasteiger charge is 2.22. The van der Waals surface area contributed by atoms with Gasteiger partial charge in [-0.25, -0.2) is 9.59 Å². The minimum absolute atomic E-state index is 0.0144. The first-order valence-electron chi connectivity index (χ1n) is 6.14. The summed E-state index contributed by atoms with van der Waals surface area (Å²) in [7, 11) is 0. The van der Waals surface area contributed by atoms with Gasteiger partial charge in [0.1, 0.15) is 6.04 Å². The molecule has 116 valence electrons. The second-order valence-corrected chi connectivity index (χ2v) is 4.06. The van der Waals surface area contributed by atoms with E-state index in [1.165, 1.54) is 0 Å². The van der Waals surface area contributed by atoms with Crippen LogP contribution in [0.25, 0.3) is 0 Å². The van der Waals surface area contributed by atoms with Crippen molar-refractivity contribution in [1.29, 1.82) is 0 Å². The molecule has 2 amide bonds. The first-order chi connectivity index (χ1) is 9.42. The number of urea groups is 1. The van der Waals surface area contributed by atoms with Crippen molar-refractivity contribution in [2.45, 2.75) is 25.3 Å². The van der Waals surface area contributed by atoms with E-state index in [4.69, 9.17) is 20.4 Å². The molecular weight excluding hydrogens is 272 g/mol. The summed E-state index contributed by atoms with van der Waals surface area (Å²) in [5, 5.41) is 37.2. The molecule has 0 aromatic heterocycles. The monoisotopic (exact) mass is 292 g/mol. The van der Waals surface area contributed by atoms with Crippen molar-refractivity contribution in [2.75, 3.05) is 26.3 Å². The molecule has 0 aromatic carbocycles. The van der Waals surface area contributed by atoms with Crippen LogP contribution in [0.1, 0.15) is 19.3 Å². The van der Waals surface area contributed by atoms with Crippen LogP contribution in [0.3, 0.4) is 0 Å². The Kier molecular flexibility index (Phi) is 9.05. The van der Waals surface area contributed by atoms with Gasteiger partial charge in [0, 0.05) is 19.5 Å². The number of carbonyl (C=O) groups is 3. The van der Waals surface area contributed by atoms with E-state index in [0.29, 0.717) is 0 Å². The summed E-state index contributed by atoms with van der Waals surface area (Å²) in [5.74, 6) is -2.31. The summed E-state index contributed by atoms with van der Waals surface area (Å²) in [4.78, 5) is 34.1. The summed E-state index contributed by atoms with van der Waals surface area (Å²) < 4.78 is 0. The highest BCUT2D eigenvalue weighted by molar-refractivity contribution is 5.82. The second-order valence-electron chi connectivity index (χ2n) is 4.06. The molecule has 0 fully saturated rings. The van der Waals surface area contributed by atoms with Gasteiger partial charge < -0.3 is 30.6 Å². The number of carboxylic acid groups (broad SMARTS) is 2. The summed E-state index contributed by atoms with van der Waals surface area (Å²) >= 11 is 0. The van der Waals surface area contributed by atoms with Crippen LogP contribution in [-0.2, 0) is 9.59 Å². The molecule has 0 heterocycles. The third-order valence-corrected chi connectivity index (χ3v) is 2.51. The molecule has 9 nitrogen and oxygen atoms in total. The number of nitrogens with one attached hydrogen (secondary N) is 1. The maximum absolute atomic E-state index is 11.7. The van der Waals surface area contributed by atoms with E-state index in [1.807, 2.05) is 0 Å². The van der Waals surface area contributed by atoms with E-state index < -0.39 is 24.0 Å². The van der Waals surface area contributed by atoms with Crippen molar-refractivity contribution in [3.8, 4) is 0 Å². The average Bonchev–Trinajstić information content (AvgIpc) is 2.36. The Balaban J connectivity index is 4.43. The molecule has 5 N–H and O–H groups in total. The Morgan fingerprint density at radius 2 is 1.60 bits per heavy atom. The van der Waals surface area contributed by atoms with Gasteiger partial charge in [0.2, 0.25) is 0 Å². The second kappa shape index (κ2) is 9.98. The quantitative estimate of drug-likeness (QED) is 0.336. The summed E-state index contributed by atoms with van der Waals surface area (Å²) in [6.45, 7) is -0.698. The summed E-state index contributed by atoms with van der Waals surface area (Å²) in [5.41, 5.74) is 0. The van der Waals surface area contributed by atoms with Gasteiger partial charge in [0.25, 0.3) is 0 Å². The number of amides is 2. The highest BCUT2D eigenvalue weighted by Crippen LogP contribution is 2.03. The maximum Gasteiger partial charge on any atom is 0.326 e. The SMILES string of the molecule is O=C(O)CCC[C@@H](NC(=O)N(CCO)CCO)C(=O)O. The molecule has 9 heteroatoms. The zero-order valence-electron chi connectivity index (χ0n) is 11.0. The van der Waals surface area contributed by atoms with E-state index >= 15 is 0 Å². The number of aliphatic hydroxyl groups is 2. The molecule has 0 bridgehead atoms. The lowest BCUT2D eigenvalue weighted by atomic mass is 10.1. The fourth-order valence-corrected chi connectivity index (χ4v) is 1.51. The lowest BCUT2D eigenvalue weighted by Gasteiger charge is -2.23. The number of aliphatic carboxylic acids is 2. The van der Waals surface area contributed by atoms with Crippen molar-refractivity contribution in [1.82, 2.24) is 10.2 Å². The standard InChI is InChI=1S/C11H20N2O7/c14-6-4-13(5-7-15)11(20)12-8(10(18)19)2-1-3-9(16)17/h8,14-15H,1-7H2,(H,12,20)(H,16,17)(H,18,19)/t8-/m1/s1. The normalized spacial score (nSPS) is 11.7. The molecule has 0 saturated carbocycles. The Hall–Kier alpha value is -1.87. The van der Waals surface area contributed by atoms with Crippen LogP contribution in [0, 0.1) is 0 Å². The molecule has 0 spiro atoms. The minimum atomic E-state index is -1.27. The highest BCUT2D eigenvalue weighted by atomic mass is 16.4. The largest absolute Gasteiger partial charge is 0.481 e. The molecule has 0 rings (SSSR count). The number of carbonyl (C=O) groups excluding carboxylic acids is 1. The molecule has 0 aliphatic rings. The van der Waals surface area contributed by atoms with E-state index in [9.17, 15) is 14.4 Å². The number of aliphatic hydroxyl groups excluding tert-OH is 2. The van der Waals surface area contributed by atoms with E-state index in [2.05, 4.69) is 5.32 Å². The van der Waals surface area contributed by atoms with Crippen molar-refractivity contribution >= 4 is 18.0 Å². The molecule has 0 aliphatic carbocycles. The number of rotatable bonds is 10. The molecular formula is C11H20N2O7. The van der Waals surface area contributed by atoms with E-state index in [-0.39, 0.29) is 45.6 Å². The van der Waals surface area contributed by atoms with Crippen LogP contribution in [0.2, 0.25) is 0 Å². The third-order valence-electron chi connectivity index (χ3n) is 2.51. The van der Waals surface area contributed by atoms with Crippen LogP contribution < -0.4 is 5.32 Å². The fourth-order valence-electron chi connectivity index (χ4n) is 1.51. The number of hydrogen-bond acceptors (Lipinski definition) is 5. The molecule has 0 aromatic rings. The van der Waals surface area contributed by atoms with Crippen molar-refractivity contribution in [2.24, 2.45) is 0 Å². The lowest BCUT2D eigenvalue weighted by molar-refractivity contribution is -0.140. The van der Waals surface area contributed by atoms with Crippen molar-refractivity contribution in [3.63, 3.8) is 0 Å². The summed E-state index contributed by atoms with van der Waals surface area (Å²) in [6, 6.07) is -1.93.